The average molecular weight is 405 g/mol. The zero-order valence-electron chi connectivity index (χ0n) is 17.5. The van der Waals surface area contributed by atoms with Gasteiger partial charge in [-0.25, -0.2) is 4.79 Å². The molecule has 5 heteroatoms. The van der Waals surface area contributed by atoms with E-state index in [4.69, 9.17) is 4.74 Å². The lowest BCUT2D eigenvalue weighted by Crippen LogP contribution is -2.47. The maximum Gasteiger partial charge on any atom is 0.337 e. The van der Waals surface area contributed by atoms with Crippen LogP contribution in [-0.4, -0.2) is 60.5 Å². The molecule has 2 aliphatic heterocycles. The Morgan fingerprint density at radius 2 is 1.73 bits per heavy atom. The molecular weight excluding hydrogens is 376 g/mol. The second-order valence-electron chi connectivity index (χ2n) is 8.71. The molecule has 30 heavy (non-hydrogen) atoms. The number of likely N-dealkylation sites (tertiary alicyclic amines) is 1. The molecule has 0 aromatic heterocycles. The summed E-state index contributed by atoms with van der Waals surface area (Å²) in [5.74, 6) is -0.148. The van der Waals surface area contributed by atoms with E-state index in [0.717, 1.165) is 60.8 Å². The molecule has 2 fully saturated rings. The highest BCUT2D eigenvalue weighted by atomic mass is 16.5. The predicted octanol–water partition coefficient (Wildman–Crippen LogP) is 3.77. The summed E-state index contributed by atoms with van der Waals surface area (Å²) in [6.45, 7) is 2.97. The van der Waals surface area contributed by atoms with Gasteiger partial charge in [0.2, 0.25) is 0 Å². The molecule has 1 aliphatic carbocycles. The van der Waals surface area contributed by atoms with E-state index in [2.05, 4.69) is 15.9 Å². The number of ether oxygens (including phenoxy) is 1. The van der Waals surface area contributed by atoms with Crippen molar-refractivity contribution >= 4 is 11.9 Å². The molecule has 5 rings (SSSR count). The minimum absolute atomic E-state index is 0.185. The number of carbonyl (C=O) groups excluding carboxylic acids is 2. The molecular formula is C25H28N2O3. The van der Waals surface area contributed by atoms with Crippen molar-refractivity contribution < 1.29 is 14.3 Å². The molecule has 0 bridgehead atoms. The fraction of sp³-hybridized carbons (Fsp3) is 0.440. The molecule has 156 valence electrons. The lowest BCUT2D eigenvalue weighted by molar-refractivity contribution is 0.0599. The van der Waals surface area contributed by atoms with E-state index >= 15 is 0 Å². The van der Waals surface area contributed by atoms with Crippen molar-refractivity contribution in [3.05, 3.63) is 59.2 Å². The molecule has 0 unspecified atom stereocenters. The number of nitrogens with zero attached hydrogens (tertiary/aromatic N) is 2. The Morgan fingerprint density at radius 3 is 2.43 bits per heavy atom. The van der Waals surface area contributed by atoms with E-state index in [9.17, 15) is 9.59 Å². The van der Waals surface area contributed by atoms with Gasteiger partial charge in [0.05, 0.1) is 12.7 Å². The first-order chi connectivity index (χ1) is 14.6. The van der Waals surface area contributed by atoms with Gasteiger partial charge >= 0.3 is 5.97 Å². The highest BCUT2D eigenvalue weighted by Gasteiger charge is 2.37. The highest BCUT2D eigenvalue weighted by molar-refractivity contribution is 5.97. The Hall–Kier alpha value is -2.66. The zero-order valence-corrected chi connectivity index (χ0v) is 17.5. The fourth-order valence-electron chi connectivity index (χ4n) is 5.06. The Morgan fingerprint density at radius 1 is 0.967 bits per heavy atom. The summed E-state index contributed by atoms with van der Waals surface area (Å²) in [5.41, 5.74) is 4.62. The van der Waals surface area contributed by atoms with E-state index in [0.29, 0.717) is 11.6 Å². The largest absolute Gasteiger partial charge is 0.465 e. The number of carbonyl (C=O) groups is 2. The first-order valence-corrected chi connectivity index (χ1v) is 11.0. The molecule has 1 saturated carbocycles. The molecule has 5 nitrogen and oxygen atoms in total. The van der Waals surface area contributed by atoms with Gasteiger partial charge in [-0.2, -0.15) is 0 Å². The lowest BCUT2D eigenvalue weighted by atomic mass is 9.92. The van der Waals surface area contributed by atoms with Crippen LogP contribution in [0.15, 0.2) is 42.5 Å². The molecule has 1 saturated heterocycles. The number of methoxy groups -OCH3 is 1. The summed E-state index contributed by atoms with van der Waals surface area (Å²) in [4.78, 5) is 29.6. The van der Waals surface area contributed by atoms with Crippen molar-refractivity contribution in [3.63, 3.8) is 0 Å². The van der Waals surface area contributed by atoms with Crippen molar-refractivity contribution in [2.24, 2.45) is 0 Å². The van der Waals surface area contributed by atoms with Gasteiger partial charge in [0.15, 0.2) is 0 Å². The maximum atomic E-state index is 13.2. The Bertz CT molecular complexity index is 965. The molecule has 2 aromatic carbocycles. The number of rotatable bonds is 4. The third kappa shape index (κ3) is 3.41. The van der Waals surface area contributed by atoms with Gasteiger partial charge in [0.1, 0.15) is 0 Å². The van der Waals surface area contributed by atoms with E-state index < -0.39 is 0 Å². The van der Waals surface area contributed by atoms with Gasteiger partial charge in [-0.3, -0.25) is 9.69 Å². The van der Waals surface area contributed by atoms with Crippen LogP contribution >= 0.6 is 0 Å². The van der Waals surface area contributed by atoms with Gasteiger partial charge in [-0.1, -0.05) is 30.7 Å². The van der Waals surface area contributed by atoms with Crippen LogP contribution in [0.25, 0.3) is 11.1 Å². The summed E-state index contributed by atoms with van der Waals surface area (Å²) in [6, 6.07) is 14.7. The Kier molecular flexibility index (Phi) is 5.07. The third-order valence-corrected chi connectivity index (χ3v) is 7.08. The SMILES string of the molecule is COC(=O)c1ccc(-c2ccc3c(c2)CCN([C@@H]2CCN(C4CCC4)C2)C3=O)cc1. The van der Waals surface area contributed by atoms with Gasteiger partial charge in [-0.15, -0.1) is 0 Å². The number of hydrogen-bond acceptors (Lipinski definition) is 4. The molecule has 1 atom stereocenters. The number of hydrogen-bond donors (Lipinski definition) is 0. The standard InChI is InChI=1S/C25H28N2O3/c1-30-25(29)18-7-5-17(6-8-18)19-9-10-23-20(15-19)11-14-27(24(23)28)22-12-13-26(16-22)21-3-2-4-21/h5-10,15,21-22H,2-4,11-14,16H2,1H3/t22-/m1/s1. The Labute approximate surface area is 177 Å². The third-order valence-electron chi connectivity index (χ3n) is 7.08. The summed E-state index contributed by atoms with van der Waals surface area (Å²) in [6.07, 6.45) is 6.01. The fourth-order valence-corrected chi connectivity index (χ4v) is 5.06. The van der Waals surface area contributed by atoms with E-state index in [-0.39, 0.29) is 11.9 Å². The van der Waals surface area contributed by atoms with Crippen LogP contribution < -0.4 is 0 Å². The first-order valence-electron chi connectivity index (χ1n) is 11.0. The van der Waals surface area contributed by atoms with Crippen LogP contribution in [0.4, 0.5) is 0 Å². The lowest BCUT2D eigenvalue weighted by Gasteiger charge is -2.37. The minimum atomic E-state index is -0.333. The van der Waals surface area contributed by atoms with Crippen LogP contribution in [0.5, 0.6) is 0 Å². The monoisotopic (exact) mass is 404 g/mol. The van der Waals surface area contributed by atoms with Gasteiger partial charge < -0.3 is 9.64 Å². The van der Waals surface area contributed by atoms with Gasteiger partial charge in [0, 0.05) is 37.3 Å². The number of benzene rings is 2. The molecule has 2 aromatic rings. The van der Waals surface area contributed by atoms with Crippen LogP contribution in [0.2, 0.25) is 0 Å². The summed E-state index contributed by atoms with van der Waals surface area (Å²) < 4.78 is 4.77. The second kappa shape index (κ2) is 7.88. The summed E-state index contributed by atoms with van der Waals surface area (Å²) in [7, 11) is 1.39. The van der Waals surface area contributed by atoms with Crippen LogP contribution in [-0.2, 0) is 11.2 Å². The van der Waals surface area contributed by atoms with Gasteiger partial charge in [-0.05, 0) is 60.6 Å². The molecule has 1 amide bonds. The summed E-state index contributed by atoms with van der Waals surface area (Å²) >= 11 is 0. The van der Waals surface area contributed by atoms with Gasteiger partial charge in [0.25, 0.3) is 5.91 Å². The minimum Gasteiger partial charge on any atom is -0.465 e. The first kappa shape index (κ1) is 19.3. The van der Waals surface area contributed by atoms with Crippen LogP contribution in [0.1, 0.15) is 52.0 Å². The number of fused-ring (bicyclic) bond motifs is 1. The van der Waals surface area contributed by atoms with Crippen molar-refractivity contribution in [1.82, 2.24) is 9.80 Å². The number of esters is 1. The predicted molar refractivity (Wildman–Crippen MR) is 116 cm³/mol. The van der Waals surface area contributed by atoms with Crippen molar-refractivity contribution in [3.8, 4) is 11.1 Å². The second-order valence-corrected chi connectivity index (χ2v) is 8.71. The van der Waals surface area contributed by atoms with Crippen molar-refractivity contribution in [2.75, 3.05) is 26.7 Å². The maximum absolute atomic E-state index is 13.2. The normalized spacial score (nSPS) is 22.0. The quantitative estimate of drug-likeness (QED) is 0.728. The molecule has 2 heterocycles. The summed E-state index contributed by atoms with van der Waals surface area (Å²) in [5, 5.41) is 0. The van der Waals surface area contributed by atoms with E-state index in [1.165, 1.54) is 26.4 Å². The molecule has 0 N–H and O–H groups in total. The zero-order chi connectivity index (χ0) is 20.7. The van der Waals surface area contributed by atoms with Crippen LogP contribution in [0.3, 0.4) is 0 Å². The average Bonchev–Trinajstić information content (AvgIpc) is 3.21. The molecule has 0 radical (unpaired) electrons. The topological polar surface area (TPSA) is 49.9 Å². The van der Waals surface area contributed by atoms with Crippen molar-refractivity contribution in [2.45, 2.75) is 44.2 Å². The molecule has 0 spiro atoms. The van der Waals surface area contributed by atoms with E-state index in [1.54, 1.807) is 12.1 Å². The highest BCUT2D eigenvalue weighted by Crippen LogP contribution is 2.32. The molecule has 3 aliphatic rings. The Balaban J connectivity index is 1.31. The van der Waals surface area contributed by atoms with Crippen molar-refractivity contribution in [1.29, 1.82) is 0 Å². The van der Waals surface area contributed by atoms with Crippen LogP contribution in [0, 0.1) is 0 Å². The smallest absolute Gasteiger partial charge is 0.337 e. The number of amides is 1. The van der Waals surface area contributed by atoms with E-state index in [1.807, 2.05) is 24.3 Å².